The summed E-state index contributed by atoms with van der Waals surface area (Å²) in [5.74, 6) is -1.19. The topological polar surface area (TPSA) is 76.1 Å². The molecule has 0 saturated carbocycles. The predicted octanol–water partition coefficient (Wildman–Crippen LogP) is 4.69. The first-order valence-electron chi connectivity index (χ1n) is 8.23. The minimum atomic E-state index is -3.80. The lowest BCUT2D eigenvalue weighted by Gasteiger charge is -2.09. The van der Waals surface area contributed by atoms with E-state index in [1.54, 1.807) is 18.2 Å². The number of sulfone groups is 1. The summed E-state index contributed by atoms with van der Waals surface area (Å²) in [7, 11) is -3.80. The lowest BCUT2D eigenvalue weighted by molar-refractivity contribution is 0.102. The Hall–Kier alpha value is -2.58. The van der Waals surface area contributed by atoms with Gasteiger partial charge in [0.25, 0.3) is 5.91 Å². The van der Waals surface area contributed by atoms with E-state index in [9.17, 15) is 17.6 Å². The van der Waals surface area contributed by atoms with Crippen molar-refractivity contribution >= 4 is 37.4 Å². The summed E-state index contributed by atoms with van der Waals surface area (Å²) >= 11 is 3.14. The van der Waals surface area contributed by atoms with Crippen LogP contribution in [0.1, 0.15) is 21.5 Å². The summed E-state index contributed by atoms with van der Waals surface area (Å²) < 4.78 is 39.9. The number of nitrogens with one attached hydrogen (secondary N) is 1. The molecule has 0 fully saturated rings. The van der Waals surface area contributed by atoms with Crippen LogP contribution < -0.4 is 5.32 Å². The molecule has 0 atom stereocenters. The molecule has 0 aliphatic rings. The fourth-order valence-electron chi connectivity index (χ4n) is 2.46. The van der Waals surface area contributed by atoms with Gasteiger partial charge in [0.2, 0.25) is 9.84 Å². The maximum atomic E-state index is 13.9. The number of carbonyl (C=O) groups is 1. The van der Waals surface area contributed by atoms with Crippen LogP contribution in [0.4, 0.5) is 10.1 Å². The molecule has 28 heavy (non-hydrogen) atoms. The van der Waals surface area contributed by atoms with Crippen LogP contribution in [0.2, 0.25) is 0 Å². The molecule has 0 bridgehead atoms. The Kier molecular flexibility index (Phi) is 5.62. The van der Waals surface area contributed by atoms with E-state index < -0.39 is 21.6 Å². The van der Waals surface area contributed by atoms with Gasteiger partial charge in [-0.1, -0.05) is 22.0 Å². The highest BCUT2D eigenvalue weighted by atomic mass is 79.9. The normalized spacial score (nSPS) is 11.3. The second-order valence-corrected chi connectivity index (χ2v) is 9.03. The lowest BCUT2D eigenvalue weighted by atomic mass is 10.1. The third kappa shape index (κ3) is 4.13. The van der Waals surface area contributed by atoms with E-state index in [1.165, 1.54) is 30.3 Å². The van der Waals surface area contributed by atoms with Crippen molar-refractivity contribution in [3.05, 3.63) is 81.7 Å². The van der Waals surface area contributed by atoms with E-state index in [2.05, 4.69) is 26.2 Å². The third-order valence-corrected chi connectivity index (χ3v) is 6.40. The van der Waals surface area contributed by atoms with Gasteiger partial charge in [-0.15, -0.1) is 0 Å². The number of pyridine rings is 1. The Labute approximate surface area is 170 Å². The van der Waals surface area contributed by atoms with Gasteiger partial charge in [-0.05, 0) is 67.4 Å². The van der Waals surface area contributed by atoms with Crippen LogP contribution in [0.15, 0.2) is 69.1 Å². The Bertz CT molecular complexity index is 1160. The number of carbonyl (C=O) groups excluding carboxylic acids is 1. The zero-order valence-corrected chi connectivity index (χ0v) is 17.4. The number of halogens is 2. The minimum Gasteiger partial charge on any atom is -0.319 e. The molecule has 1 amide bonds. The summed E-state index contributed by atoms with van der Waals surface area (Å²) in [5, 5.41) is 2.27. The first-order valence-corrected chi connectivity index (χ1v) is 10.5. The van der Waals surface area contributed by atoms with Gasteiger partial charge in [0.05, 0.1) is 16.1 Å². The molecule has 1 N–H and O–H groups in total. The molecule has 0 spiro atoms. The number of benzene rings is 2. The number of hydrogen-bond donors (Lipinski definition) is 1. The van der Waals surface area contributed by atoms with Crippen molar-refractivity contribution in [2.45, 2.75) is 23.8 Å². The highest BCUT2D eigenvalue weighted by Crippen LogP contribution is 2.23. The van der Waals surface area contributed by atoms with Crippen molar-refractivity contribution in [3.8, 4) is 0 Å². The van der Waals surface area contributed by atoms with Gasteiger partial charge in [0.1, 0.15) is 5.82 Å². The van der Waals surface area contributed by atoms with Crippen molar-refractivity contribution in [2.24, 2.45) is 0 Å². The SMILES string of the molecule is Cc1ccc(S(=O)(=O)c2ccc(C(=O)Nc3ccc(Br)cc3F)cn2)cc1C. The van der Waals surface area contributed by atoms with Crippen molar-refractivity contribution in [3.63, 3.8) is 0 Å². The fourth-order valence-corrected chi connectivity index (χ4v) is 4.05. The molecule has 0 saturated heterocycles. The quantitative estimate of drug-likeness (QED) is 0.610. The van der Waals surface area contributed by atoms with Crippen LogP contribution in [0.5, 0.6) is 0 Å². The van der Waals surface area contributed by atoms with Gasteiger partial charge in [0, 0.05) is 10.7 Å². The van der Waals surface area contributed by atoms with Gasteiger partial charge < -0.3 is 5.32 Å². The molecule has 3 aromatic rings. The largest absolute Gasteiger partial charge is 0.319 e. The lowest BCUT2D eigenvalue weighted by Crippen LogP contribution is -2.14. The van der Waals surface area contributed by atoms with Crippen LogP contribution in [0, 0.1) is 19.7 Å². The average molecular weight is 463 g/mol. The van der Waals surface area contributed by atoms with Crippen LogP contribution in [-0.4, -0.2) is 19.3 Å². The van der Waals surface area contributed by atoms with E-state index in [-0.39, 0.29) is 21.2 Å². The Balaban J connectivity index is 1.84. The smallest absolute Gasteiger partial charge is 0.257 e. The van der Waals surface area contributed by atoms with Gasteiger partial charge in [-0.3, -0.25) is 4.79 Å². The third-order valence-electron chi connectivity index (χ3n) is 4.24. The molecule has 5 nitrogen and oxygen atoms in total. The second kappa shape index (κ2) is 7.81. The second-order valence-electron chi connectivity index (χ2n) is 6.21. The number of anilines is 1. The van der Waals surface area contributed by atoms with Crippen molar-refractivity contribution in [1.82, 2.24) is 4.98 Å². The molecular formula is C20H16BrFN2O3S. The summed E-state index contributed by atoms with van der Waals surface area (Å²) in [6.07, 6.45) is 1.15. The van der Waals surface area contributed by atoms with Crippen molar-refractivity contribution < 1.29 is 17.6 Å². The Morgan fingerprint density at radius 3 is 2.39 bits per heavy atom. The summed E-state index contributed by atoms with van der Waals surface area (Å²) in [5.41, 5.74) is 1.97. The van der Waals surface area contributed by atoms with Crippen molar-refractivity contribution in [2.75, 3.05) is 5.32 Å². The van der Waals surface area contributed by atoms with Crippen LogP contribution >= 0.6 is 15.9 Å². The number of nitrogens with zero attached hydrogens (tertiary/aromatic N) is 1. The number of aromatic nitrogens is 1. The molecule has 1 aromatic heterocycles. The maximum absolute atomic E-state index is 13.9. The average Bonchev–Trinajstić information content (AvgIpc) is 2.66. The zero-order chi connectivity index (χ0) is 20.5. The fraction of sp³-hybridized carbons (Fsp3) is 0.100. The number of hydrogen-bond acceptors (Lipinski definition) is 4. The van der Waals surface area contributed by atoms with Crippen molar-refractivity contribution in [1.29, 1.82) is 0 Å². The highest BCUT2D eigenvalue weighted by Gasteiger charge is 2.20. The molecule has 2 aromatic carbocycles. The van der Waals surface area contributed by atoms with Gasteiger partial charge >= 0.3 is 0 Å². The van der Waals surface area contributed by atoms with Crippen LogP contribution in [0.25, 0.3) is 0 Å². The molecule has 0 radical (unpaired) electrons. The molecule has 1 heterocycles. The Morgan fingerprint density at radius 1 is 1.04 bits per heavy atom. The highest BCUT2D eigenvalue weighted by molar-refractivity contribution is 9.10. The minimum absolute atomic E-state index is 0.0139. The summed E-state index contributed by atoms with van der Waals surface area (Å²) in [4.78, 5) is 16.3. The number of rotatable bonds is 4. The predicted molar refractivity (Wildman–Crippen MR) is 108 cm³/mol. The standard InChI is InChI=1S/C20H16BrFN2O3S/c1-12-3-6-16(9-13(12)2)28(26,27)19-8-4-14(11-23-19)20(25)24-18-7-5-15(21)10-17(18)22/h3-11H,1-2H3,(H,24,25). The van der Waals surface area contributed by atoms with E-state index in [0.29, 0.717) is 4.47 Å². The van der Waals surface area contributed by atoms with Gasteiger partial charge in [-0.2, -0.15) is 0 Å². The van der Waals surface area contributed by atoms with Crippen LogP contribution in [-0.2, 0) is 9.84 Å². The van der Waals surface area contributed by atoms with E-state index in [4.69, 9.17) is 0 Å². The zero-order valence-electron chi connectivity index (χ0n) is 15.0. The molecule has 3 rings (SSSR count). The molecular weight excluding hydrogens is 447 g/mol. The number of aryl methyl sites for hydroxylation is 2. The van der Waals surface area contributed by atoms with Gasteiger partial charge in [-0.25, -0.2) is 17.8 Å². The summed E-state index contributed by atoms with van der Waals surface area (Å²) in [6, 6.07) is 11.7. The van der Waals surface area contributed by atoms with E-state index >= 15 is 0 Å². The van der Waals surface area contributed by atoms with E-state index in [0.717, 1.165) is 17.3 Å². The first-order chi connectivity index (χ1) is 13.2. The molecule has 0 aliphatic heterocycles. The van der Waals surface area contributed by atoms with E-state index in [1.807, 2.05) is 13.8 Å². The molecule has 8 heteroatoms. The monoisotopic (exact) mass is 462 g/mol. The van der Waals surface area contributed by atoms with Gasteiger partial charge in [0.15, 0.2) is 5.03 Å². The summed E-state index contributed by atoms with van der Waals surface area (Å²) in [6.45, 7) is 3.72. The maximum Gasteiger partial charge on any atom is 0.257 e. The molecule has 144 valence electrons. The Morgan fingerprint density at radius 2 is 1.79 bits per heavy atom. The number of amides is 1. The first kappa shape index (κ1) is 20.2. The van der Waals surface area contributed by atoms with Crippen LogP contribution in [0.3, 0.4) is 0 Å². The molecule has 0 aliphatic carbocycles. The molecule has 0 unspecified atom stereocenters.